The SMILES string of the molecule is NCC(NC(=O)c1cc(Br)sc1Br)C1CCCCC1. The predicted octanol–water partition coefficient (Wildman–Crippen LogP) is 3.91. The molecule has 0 aromatic carbocycles. The average Bonchev–Trinajstić information content (AvgIpc) is 2.76. The maximum absolute atomic E-state index is 12.3. The Labute approximate surface area is 134 Å². The van der Waals surface area contributed by atoms with Crippen LogP contribution >= 0.6 is 43.2 Å². The molecule has 1 aromatic heterocycles. The van der Waals surface area contributed by atoms with Crippen LogP contribution in [-0.2, 0) is 0 Å². The van der Waals surface area contributed by atoms with Crippen LogP contribution in [0.3, 0.4) is 0 Å². The number of nitrogens with two attached hydrogens (primary N) is 1. The molecular formula is C13H18Br2N2OS. The highest BCUT2D eigenvalue weighted by Crippen LogP contribution is 2.32. The van der Waals surface area contributed by atoms with Crippen LogP contribution < -0.4 is 11.1 Å². The van der Waals surface area contributed by atoms with E-state index in [0.29, 0.717) is 18.0 Å². The highest BCUT2D eigenvalue weighted by molar-refractivity contribution is 9.12. The van der Waals surface area contributed by atoms with E-state index in [1.807, 2.05) is 6.07 Å². The molecule has 1 aromatic rings. The molecule has 0 bridgehead atoms. The second-order valence-electron chi connectivity index (χ2n) is 4.95. The summed E-state index contributed by atoms with van der Waals surface area (Å²) in [5, 5.41) is 3.10. The van der Waals surface area contributed by atoms with E-state index in [-0.39, 0.29) is 11.9 Å². The smallest absolute Gasteiger partial charge is 0.253 e. The van der Waals surface area contributed by atoms with Gasteiger partial charge in [-0.2, -0.15) is 0 Å². The first-order valence-corrected chi connectivity index (χ1v) is 8.98. The lowest BCUT2D eigenvalue weighted by Crippen LogP contribution is -2.45. The van der Waals surface area contributed by atoms with Crippen molar-refractivity contribution in [3.8, 4) is 0 Å². The first kappa shape index (κ1) is 15.5. The molecule has 3 nitrogen and oxygen atoms in total. The van der Waals surface area contributed by atoms with Crippen LogP contribution in [0.15, 0.2) is 13.6 Å². The number of thiophene rings is 1. The van der Waals surface area contributed by atoms with Crippen LogP contribution in [0, 0.1) is 5.92 Å². The third kappa shape index (κ3) is 4.03. The minimum atomic E-state index is -0.0325. The van der Waals surface area contributed by atoms with E-state index in [9.17, 15) is 4.79 Å². The lowest BCUT2D eigenvalue weighted by molar-refractivity contribution is 0.0915. The lowest BCUT2D eigenvalue weighted by atomic mass is 9.84. The van der Waals surface area contributed by atoms with Crippen LogP contribution in [0.25, 0.3) is 0 Å². The van der Waals surface area contributed by atoms with Gasteiger partial charge in [0.05, 0.1) is 13.1 Å². The summed E-state index contributed by atoms with van der Waals surface area (Å²) in [6.07, 6.45) is 6.17. The van der Waals surface area contributed by atoms with Crippen molar-refractivity contribution in [2.75, 3.05) is 6.54 Å². The van der Waals surface area contributed by atoms with Gasteiger partial charge in [0.15, 0.2) is 0 Å². The van der Waals surface area contributed by atoms with Crippen molar-refractivity contribution in [1.29, 1.82) is 0 Å². The van der Waals surface area contributed by atoms with Gasteiger partial charge in [0, 0.05) is 12.6 Å². The molecule has 0 spiro atoms. The van der Waals surface area contributed by atoms with Crippen molar-refractivity contribution in [1.82, 2.24) is 5.32 Å². The maximum Gasteiger partial charge on any atom is 0.253 e. The number of carbonyl (C=O) groups is 1. The summed E-state index contributed by atoms with van der Waals surface area (Å²) < 4.78 is 1.81. The molecule has 3 N–H and O–H groups in total. The molecule has 0 aliphatic heterocycles. The largest absolute Gasteiger partial charge is 0.348 e. The third-order valence-corrected chi connectivity index (χ3v) is 6.03. The number of rotatable bonds is 4. The number of hydrogen-bond acceptors (Lipinski definition) is 3. The molecule has 0 saturated heterocycles. The molecule has 1 aliphatic rings. The predicted molar refractivity (Wildman–Crippen MR) is 86.6 cm³/mol. The van der Waals surface area contributed by atoms with Crippen LogP contribution in [0.1, 0.15) is 42.5 Å². The second kappa shape index (κ2) is 7.20. The Balaban J connectivity index is 2.01. The summed E-state index contributed by atoms with van der Waals surface area (Å²) in [7, 11) is 0. The Morgan fingerprint density at radius 3 is 2.63 bits per heavy atom. The Morgan fingerprint density at radius 2 is 2.11 bits per heavy atom. The number of halogens is 2. The summed E-state index contributed by atoms with van der Waals surface area (Å²) in [6, 6.07) is 1.94. The summed E-state index contributed by atoms with van der Waals surface area (Å²) in [4.78, 5) is 12.3. The highest BCUT2D eigenvalue weighted by Gasteiger charge is 2.25. The number of amides is 1. The van der Waals surface area contributed by atoms with Gasteiger partial charge in [-0.1, -0.05) is 19.3 Å². The van der Waals surface area contributed by atoms with Crippen LogP contribution in [-0.4, -0.2) is 18.5 Å². The molecule has 1 amide bonds. The molecule has 1 aliphatic carbocycles. The Hall–Kier alpha value is 0.0900. The van der Waals surface area contributed by atoms with Gasteiger partial charge >= 0.3 is 0 Å². The van der Waals surface area contributed by atoms with Gasteiger partial charge in [0.25, 0.3) is 5.91 Å². The van der Waals surface area contributed by atoms with Gasteiger partial charge in [-0.15, -0.1) is 11.3 Å². The molecule has 0 radical (unpaired) electrons. The minimum absolute atomic E-state index is 0.0325. The van der Waals surface area contributed by atoms with E-state index in [2.05, 4.69) is 37.2 Å². The molecule has 106 valence electrons. The molecule has 19 heavy (non-hydrogen) atoms. The van der Waals surface area contributed by atoms with Crippen molar-refractivity contribution in [3.05, 3.63) is 19.2 Å². The Kier molecular flexibility index (Phi) is 5.87. The van der Waals surface area contributed by atoms with Gasteiger partial charge in [-0.3, -0.25) is 4.79 Å². The number of carbonyl (C=O) groups excluding carboxylic acids is 1. The topological polar surface area (TPSA) is 55.1 Å². The normalized spacial score (nSPS) is 18.3. The molecule has 1 heterocycles. The molecule has 1 fully saturated rings. The van der Waals surface area contributed by atoms with Crippen molar-refractivity contribution in [2.45, 2.75) is 38.1 Å². The monoisotopic (exact) mass is 408 g/mol. The van der Waals surface area contributed by atoms with Crippen LogP contribution in [0.2, 0.25) is 0 Å². The van der Waals surface area contributed by atoms with E-state index < -0.39 is 0 Å². The summed E-state index contributed by atoms with van der Waals surface area (Å²) in [6.45, 7) is 0.513. The summed E-state index contributed by atoms with van der Waals surface area (Å²) in [5.74, 6) is 0.499. The zero-order valence-electron chi connectivity index (χ0n) is 10.6. The summed E-state index contributed by atoms with van der Waals surface area (Å²) in [5.41, 5.74) is 6.53. The van der Waals surface area contributed by atoms with Crippen LogP contribution in [0.5, 0.6) is 0 Å². The highest BCUT2D eigenvalue weighted by atomic mass is 79.9. The first-order chi connectivity index (χ1) is 9.11. The van der Waals surface area contributed by atoms with Gasteiger partial charge in [0.1, 0.15) is 0 Å². The van der Waals surface area contributed by atoms with Gasteiger partial charge in [0.2, 0.25) is 0 Å². The van der Waals surface area contributed by atoms with E-state index in [1.54, 1.807) is 0 Å². The van der Waals surface area contributed by atoms with E-state index in [4.69, 9.17) is 5.73 Å². The zero-order valence-corrected chi connectivity index (χ0v) is 14.6. The number of nitrogens with one attached hydrogen (secondary N) is 1. The summed E-state index contributed by atoms with van der Waals surface area (Å²) >= 11 is 8.33. The fourth-order valence-electron chi connectivity index (χ4n) is 2.65. The Morgan fingerprint density at radius 1 is 1.42 bits per heavy atom. The first-order valence-electron chi connectivity index (χ1n) is 6.57. The standard InChI is InChI=1S/C13H18Br2N2OS/c14-11-6-9(12(15)19-11)13(18)17-10(7-16)8-4-2-1-3-5-8/h6,8,10H,1-5,7,16H2,(H,17,18). The molecule has 1 unspecified atom stereocenters. The Bertz CT molecular complexity index is 444. The van der Waals surface area contributed by atoms with Gasteiger partial charge < -0.3 is 11.1 Å². The van der Waals surface area contributed by atoms with Crippen molar-refractivity contribution in [2.24, 2.45) is 11.7 Å². The van der Waals surface area contributed by atoms with E-state index in [0.717, 1.165) is 7.57 Å². The second-order valence-corrected chi connectivity index (χ2v) is 8.70. The molecule has 1 saturated carbocycles. The molecule has 1 atom stereocenters. The van der Waals surface area contributed by atoms with Gasteiger partial charge in [-0.25, -0.2) is 0 Å². The minimum Gasteiger partial charge on any atom is -0.348 e. The van der Waals surface area contributed by atoms with E-state index in [1.165, 1.54) is 43.4 Å². The van der Waals surface area contributed by atoms with Crippen molar-refractivity contribution in [3.63, 3.8) is 0 Å². The van der Waals surface area contributed by atoms with Crippen LogP contribution in [0.4, 0.5) is 0 Å². The van der Waals surface area contributed by atoms with E-state index >= 15 is 0 Å². The average molecular weight is 410 g/mol. The number of hydrogen-bond donors (Lipinski definition) is 2. The quantitative estimate of drug-likeness (QED) is 0.791. The van der Waals surface area contributed by atoms with Gasteiger partial charge in [-0.05, 0) is 56.7 Å². The fraction of sp³-hybridized carbons (Fsp3) is 0.615. The fourth-order valence-corrected chi connectivity index (χ4v) is 5.44. The van der Waals surface area contributed by atoms with Crippen molar-refractivity contribution >= 4 is 49.1 Å². The zero-order chi connectivity index (χ0) is 13.8. The lowest BCUT2D eigenvalue weighted by Gasteiger charge is -2.30. The third-order valence-electron chi connectivity index (χ3n) is 3.69. The maximum atomic E-state index is 12.3. The molecule has 2 rings (SSSR count). The molecular weight excluding hydrogens is 392 g/mol. The van der Waals surface area contributed by atoms with Crippen molar-refractivity contribution < 1.29 is 4.79 Å². The molecule has 6 heteroatoms.